The number of oxime groups is 1. The minimum atomic E-state index is -1.11. The highest BCUT2D eigenvalue weighted by atomic mass is 32.2. The highest BCUT2D eigenvalue weighted by Crippen LogP contribution is 2.62. The molecule has 2 aromatic carbocycles. The van der Waals surface area contributed by atoms with E-state index < -0.39 is 17.5 Å². The first-order chi connectivity index (χ1) is 29.0. The van der Waals surface area contributed by atoms with Gasteiger partial charge < -0.3 is 38.7 Å². The Hall–Kier alpha value is -4.56. The van der Waals surface area contributed by atoms with Crippen LogP contribution >= 0.6 is 11.8 Å². The molecular formula is C47H61N3O9S. The summed E-state index contributed by atoms with van der Waals surface area (Å²) in [5.41, 5.74) is 3.92. The molecule has 0 bridgehead atoms. The fourth-order valence-electron chi connectivity index (χ4n) is 8.74. The number of ether oxygens (including phenoxy) is 5. The van der Waals surface area contributed by atoms with Crippen LogP contribution in [0.25, 0.3) is 0 Å². The van der Waals surface area contributed by atoms with Crippen molar-refractivity contribution in [3.63, 3.8) is 0 Å². The number of aliphatic hydroxyl groups excluding tert-OH is 2. The molecule has 13 heteroatoms. The number of carbonyl (C=O) groups excluding carboxylic acids is 1. The number of hydrogen-bond donors (Lipinski definition) is 3. The molecule has 2 aliphatic carbocycles. The molecule has 324 valence electrons. The summed E-state index contributed by atoms with van der Waals surface area (Å²) in [5, 5.41) is 27.3. The van der Waals surface area contributed by atoms with Crippen molar-refractivity contribution >= 4 is 29.3 Å². The van der Waals surface area contributed by atoms with Crippen LogP contribution in [-0.4, -0.2) is 83.4 Å². The van der Waals surface area contributed by atoms with E-state index in [1.54, 1.807) is 37.5 Å². The second-order valence-corrected chi connectivity index (χ2v) is 17.8. The number of methoxy groups -OCH3 is 2. The van der Waals surface area contributed by atoms with Crippen LogP contribution in [0.5, 0.6) is 23.0 Å². The van der Waals surface area contributed by atoms with Crippen LogP contribution in [0.15, 0.2) is 90.4 Å². The van der Waals surface area contributed by atoms with E-state index in [0.717, 1.165) is 54.7 Å². The lowest BCUT2D eigenvalue weighted by atomic mass is 9.56. The number of rotatable bonds is 20. The lowest BCUT2D eigenvalue weighted by Crippen LogP contribution is -2.64. The standard InChI is InChI=1S/C47H61N3O9S/c1-7-25-56-47-42(60-26-20-31-18-21-48-22-19-31)30-39(50-59-46(2,3)4)36-27-32(12-8-10-23-51)35(13-9-11-24-52)43(44(36)47)37-28-34(15-17-40(37)58-47)57-45(53)49-38-16-14-33(54-5)29-41(38)55-6/h7,14-19,21-22,27-29,32,35,42-44,51-52H,1,8-13,20,23-26,30H2,2-6H3,(H,49,53)/t32-,35+,42-,43+,44+,47+/m0/s1. The molecule has 3 N–H and O–H groups in total. The predicted molar refractivity (Wildman–Crippen MR) is 235 cm³/mol. The third-order valence-electron chi connectivity index (χ3n) is 11.4. The van der Waals surface area contributed by atoms with Crippen LogP contribution in [0.4, 0.5) is 10.5 Å². The van der Waals surface area contributed by atoms with E-state index in [1.807, 2.05) is 69.2 Å². The Labute approximate surface area is 358 Å². The summed E-state index contributed by atoms with van der Waals surface area (Å²) in [4.78, 5) is 23.9. The van der Waals surface area contributed by atoms with Crippen molar-refractivity contribution in [3.8, 4) is 23.0 Å². The second-order valence-electron chi connectivity index (χ2n) is 16.5. The van der Waals surface area contributed by atoms with E-state index in [2.05, 4.69) is 23.0 Å². The van der Waals surface area contributed by atoms with Crippen LogP contribution in [-0.2, 0) is 16.0 Å². The Bertz CT molecular complexity index is 1970. The molecule has 1 aromatic heterocycles. The third kappa shape index (κ3) is 10.7. The average Bonchev–Trinajstić information content (AvgIpc) is 3.24. The number of pyridine rings is 1. The van der Waals surface area contributed by atoms with Gasteiger partial charge in [-0.25, -0.2) is 4.79 Å². The van der Waals surface area contributed by atoms with Crippen molar-refractivity contribution in [1.82, 2.24) is 4.98 Å². The SMILES string of the molecule is C=CCO[C@@]12Oc3ccc(OC(=O)Nc4ccc(OC)cc4OC)cc3[C@H]3[C@H](CCCCO)[C@@H](CCCCO)C=C(C(=NOC(C)(C)C)C[C@@H]1SCCc1ccncc1)[C@H]32. The molecule has 3 aromatic rings. The van der Waals surface area contributed by atoms with Gasteiger partial charge in [-0.1, -0.05) is 30.1 Å². The van der Waals surface area contributed by atoms with Crippen molar-refractivity contribution in [1.29, 1.82) is 0 Å². The number of allylic oxidation sites excluding steroid dienone is 1. The Kier molecular flexibility index (Phi) is 15.6. The summed E-state index contributed by atoms with van der Waals surface area (Å²) < 4.78 is 31.1. The molecule has 0 spiro atoms. The zero-order valence-corrected chi connectivity index (χ0v) is 36.4. The third-order valence-corrected chi connectivity index (χ3v) is 12.7. The quantitative estimate of drug-likeness (QED) is 0.0568. The van der Waals surface area contributed by atoms with Gasteiger partial charge in [-0.2, -0.15) is 11.8 Å². The Balaban J connectivity index is 1.47. The van der Waals surface area contributed by atoms with E-state index in [9.17, 15) is 15.0 Å². The number of aromatic nitrogens is 1. The van der Waals surface area contributed by atoms with E-state index in [4.69, 9.17) is 33.7 Å². The van der Waals surface area contributed by atoms with E-state index in [0.29, 0.717) is 47.9 Å². The summed E-state index contributed by atoms with van der Waals surface area (Å²) in [6, 6.07) is 14.8. The number of nitrogens with zero attached hydrogens (tertiary/aromatic N) is 2. The normalized spacial score (nSPS) is 23.7. The number of carbonyl (C=O) groups is 1. The van der Waals surface area contributed by atoms with E-state index >= 15 is 0 Å². The van der Waals surface area contributed by atoms with E-state index in [-0.39, 0.29) is 48.7 Å². The zero-order valence-electron chi connectivity index (χ0n) is 35.6. The van der Waals surface area contributed by atoms with Gasteiger partial charge in [0.2, 0.25) is 5.79 Å². The first-order valence-corrected chi connectivity index (χ1v) is 22.1. The lowest BCUT2D eigenvalue weighted by Gasteiger charge is -2.58. The van der Waals surface area contributed by atoms with Crippen LogP contribution in [0, 0.1) is 17.8 Å². The van der Waals surface area contributed by atoms with Crippen LogP contribution < -0.4 is 24.3 Å². The largest absolute Gasteiger partial charge is 0.497 e. The van der Waals surface area contributed by atoms with Gasteiger partial charge in [-0.3, -0.25) is 10.3 Å². The maximum atomic E-state index is 13.5. The summed E-state index contributed by atoms with van der Waals surface area (Å²) in [5.74, 6) is 1.46. The highest BCUT2D eigenvalue weighted by molar-refractivity contribution is 8.00. The first kappa shape index (κ1) is 45.0. The average molecular weight is 844 g/mol. The van der Waals surface area contributed by atoms with Gasteiger partial charge in [0.25, 0.3) is 0 Å². The molecule has 6 atom stereocenters. The van der Waals surface area contributed by atoms with Gasteiger partial charge in [0.1, 0.15) is 28.6 Å². The fraction of sp³-hybridized carbons (Fsp3) is 0.511. The highest BCUT2D eigenvalue weighted by Gasteiger charge is 2.64. The van der Waals surface area contributed by atoms with Crippen LogP contribution in [0.3, 0.4) is 0 Å². The van der Waals surface area contributed by atoms with Crippen molar-refractivity contribution in [2.75, 3.05) is 45.1 Å². The summed E-state index contributed by atoms with van der Waals surface area (Å²) in [6.07, 6.45) is 13.2. The number of hydrogen-bond acceptors (Lipinski definition) is 12. The zero-order chi connectivity index (χ0) is 42.7. The second kappa shape index (κ2) is 20.8. The maximum absolute atomic E-state index is 13.5. The minimum absolute atomic E-state index is 0.0938. The number of benzene rings is 2. The lowest BCUT2D eigenvalue weighted by molar-refractivity contribution is -0.223. The number of fused-ring (bicyclic) bond motifs is 2. The number of anilines is 1. The summed E-state index contributed by atoms with van der Waals surface area (Å²) >= 11 is 1.81. The van der Waals surface area contributed by atoms with Gasteiger partial charge in [0.15, 0.2) is 0 Å². The molecule has 0 radical (unpaired) electrons. The van der Waals surface area contributed by atoms with Gasteiger partial charge in [-0.15, -0.1) is 6.58 Å². The molecule has 12 nitrogen and oxygen atoms in total. The van der Waals surface area contributed by atoms with Crippen molar-refractivity contribution in [2.45, 2.75) is 94.7 Å². The molecule has 1 saturated carbocycles. The molecule has 1 amide bonds. The minimum Gasteiger partial charge on any atom is -0.497 e. The van der Waals surface area contributed by atoms with Crippen LogP contribution in [0.2, 0.25) is 0 Å². The first-order valence-electron chi connectivity index (χ1n) is 21.0. The van der Waals surface area contributed by atoms with E-state index in [1.165, 1.54) is 12.7 Å². The number of thioether (sulfide) groups is 1. The molecule has 1 aliphatic heterocycles. The molecule has 6 rings (SSSR count). The molecule has 0 unspecified atom stereocenters. The Morgan fingerprint density at radius 3 is 2.47 bits per heavy atom. The Morgan fingerprint density at radius 2 is 1.77 bits per heavy atom. The molecule has 0 saturated heterocycles. The van der Waals surface area contributed by atoms with Crippen molar-refractivity contribution < 1.29 is 43.5 Å². The molecular weight excluding hydrogens is 783 g/mol. The topological polar surface area (TPSA) is 150 Å². The molecule has 1 fully saturated rings. The van der Waals surface area contributed by atoms with Gasteiger partial charge in [0.05, 0.1) is 43.4 Å². The predicted octanol–water partition coefficient (Wildman–Crippen LogP) is 9.12. The number of nitrogens with one attached hydrogen (secondary N) is 1. The Morgan fingerprint density at radius 1 is 1.02 bits per heavy atom. The number of unbranched alkanes of at least 4 members (excludes halogenated alkanes) is 2. The summed E-state index contributed by atoms with van der Waals surface area (Å²) in [7, 11) is 3.09. The maximum Gasteiger partial charge on any atom is 0.417 e. The molecule has 3 aliphatic rings. The van der Waals surface area contributed by atoms with Gasteiger partial charge >= 0.3 is 6.09 Å². The number of aliphatic hydroxyl groups is 2. The van der Waals surface area contributed by atoms with Crippen molar-refractivity contribution in [2.24, 2.45) is 22.9 Å². The fourth-order valence-corrected chi connectivity index (χ4v) is 10.2. The molecule has 60 heavy (non-hydrogen) atoms. The van der Waals surface area contributed by atoms with Gasteiger partial charge in [0, 0.05) is 49.6 Å². The number of aryl methyl sites for hydroxylation is 1. The van der Waals surface area contributed by atoms with Gasteiger partial charge in [-0.05, 0) is 124 Å². The smallest absolute Gasteiger partial charge is 0.417 e. The monoisotopic (exact) mass is 843 g/mol. The number of amides is 1. The molecule has 2 heterocycles. The summed E-state index contributed by atoms with van der Waals surface area (Å²) in [6.45, 7) is 10.5. The van der Waals surface area contributed by atoms with Crippen LogP contribution in [0.1, 0.15) is 82.8 Å². The van der Waals surface area contributed by atoms with Crippen molar-refractivity contribution in [3.05, 3.63) is 96.4 Å².